The molecule has 6 N–H and O–H groups in total. The normalized spacial score (nSPS) is 36.9. The number of rotatable bonds is 8. The molecule has 2 saturated heterocycles. The Morgan fingerprint density at radius 3 is 2.42 bits per heavy atom. The summed E-state index contributed by atoms with van der Waals surface area (Å²) < 4.78 is 17.6. The van der Waals surface area contributed by atoms with Gasteiger partial charge in [-0.05, 0) is 0 Å². The zero-order chi connectivity index (χ0) is 26.7. The van der Waals surface area contributed by atoms with E-state index in [1.54, 1.807) is 0 Å². The molecule has 204 valence electrons. The average Bonchev–Trinajstić information content (AvgIpc) is 3.26. The third-order valence-electron chi connectivity index (χ3n) is 6.21. The van der Waals surface area contributed by atoms with Crippen LogP contribution >= 0.6 is 0 Å². The number of aliphatic hydroxyl groups excluding tert-OH is 5. The number of carbonyl (C=O) groups is 2. The van der Waals surface area contributed by atoms with Crippen LogP contribution in [0.5, 0.6) is 0 Å². The van der Waals surface area contributed by atoms with Crippen LogP contribution in [0.2, 0.25) is 0 Å². The quantitative estimate of drug-likeness (QED) is 0.189. The average molecular weight is 519 g/mol. The van der Waals surface area contributed by atoms with E-state index in [4.69, 9.17) is 14.2 Å². The van der Waals surface area contributed by atoms with Crippen molar-refractivity contribution in [3.8, 4) is 0 Å². The Morgan fingerprint density at radius 1 is 1.14 bits per heavy atom. The van der Waals surface area contributed by atoms with Crippen molar-refractivity contribution in [3.05, 3.63) is 11.9 Å². The van der Waals surface area contributed by atoms with Gasteiger partial charge in [0, 0.05) is 27.2 Å². The molecule has 0 aliphatic carbocycles. The first-order chi connectivity index (χ1) is 16.9. The maximum Gasteiger partial charge on any atom is 0.219 e. The Hall–Kier alpha value is -2.28. The van der Waals surface area contributed by atoms with Crippen LogP contribution in [0.3, 0.4) is 0 Å². The van der Waals surface area contributed by atoms with E-state index in [0.29, 0.717) is 0 Å². The van der Waals surface area contributed by atoms with Crippen LogP contribution in [-0.4, -0.2) is 132 Å². The van der Waals surface area contributed by atoms with Gasteiger partial charge in [-0.15, -0.1) is 5.10 Å². The molecule has 3 rings (SSSR count). The Balaban J connectivity index is 1.62. The van der Waals surface area contributed by atoms with E-state index in [0.717, 1.165) is 4.90 Å². The van der Waals surface area contributed by atoms with Gasteiger partial charge in [0.05, 0.1) is 32.0 Å². The largest absolute Gasteiger partial charge is 0.829 e. The Labute approximate surface area is 206 Å². The van der Waals surface area contributed by atoms with Gasteiger partial charge in [-0.1, -0.05) is 5.21 Å². The van der Waals surface area contributed by atoms with E-state index in [1.165, 1.54) is 31.8 Å². The van der Waals surface area contributed by atoms with Gasteiger partial charge in [0.2, 0.25) is 11.8 Å². The SMILES string of the molecule is CC(=O)N[C@H]1[C@@H](OCc2cn(C[C@H]3O[C@H]([O-])[C@H](N(C)C(C)=O)[C@@H](O)[C@@H]3O)nn2)O[C@H](CO)[C@@H](O)[C@@H]1O. The number of aromatic nitrogens is 3. The topological polar surface area (TPSA) is 232 Å². The van der Waals surface area contributed by atoms with Crippen molar-refractivity contribution in [3.63, 3.8) is 0 Å². The molecule has 1 aromatic rings. The van der Waals surface area contributed by atoms with Crippen LogP contribution in [0.25, 0.3) is 0 Å². The molecule has 2 fully saturated rings. The molecule has 2 amide bonds. The van der Waals surface area contributed by atoms with Crippen LogP contribution in [-0.2, 0) is 37.0 Å². The summed E-state index contributed by atoms with van der Waals surface area (Å²) in [6.45, 7) is 1.48. The van der Waals surface area contributed by atoms with Gasteiger partial charge < -0.3 is 55.1 Å². The molecular formula is C20H32N5O11-. The highest BCUT2D eigenvalue weighted by Crippen LogP contribution is 2.24. The van der Waals surface area contributed by atoms with Gasteiger partial charge in [-0.3, -0.25) is 9.59 Å². The molecule has 16 nitrogen and oxygen atoms in total. The van der Waals surface area contributed by atoms with Gasteiger partial charge in [0.25, 0.3) is 0 Å². The number of ether oxygens (including phenoxy) is 3. The summed E-state index contributed by atoms with van der Waals surface area (Å²) in [5.41, 5.74) is 0.264. The number of hydrogen-bond donors (Lipinski definition) is 6. The Bertz CT molecular complexity index is 903. The second kappa shape index (κ2) is 11.8. The second-order valence-corrected chi connectivity index (χ2v) is 8.82. The highest BCUT2D eigenvalue weighted by Gasteiger charge is 2.46. The Kier molecular flexibility index (Phi) is 9.31. The van der Waals surface area contributed by atoms with E-state index >= 15 is 0 Å². The molecular weight excluding hydrogens is 486 g/mol. The monoisotopic (exact) mass is 518 g/mol. The van der Waals surface area contributed by atoms with Crippen molar-refractivity contribution in [2.24, 2.45) is 0 Å². The number of aliphatic hydroxyl groups is 5. The fourth-order valence-electron chi connectivity index (χ4n) is 4.15. The number of likely N-dealkylation sites (N-methyl/N-ethyl adjacent to an activating group) is 1. The smallest absolute Gasteiger partial charge is 0.219 e. The highest BCUT2D eigenvalue weighted by atomic mass is 16.7. The van der Waals surface area contributed by atoms with Crippen LogP contribution < -0.4 is 10.4 Å². The van der Waals surface area contributed by atoms with E-state index < -0.39 is 79.7 Å². The fraction of sp³-hybridized carbons (Fsp3) is 0.800. The summed E-state index contributed by atoms with van der Waals surface area (Å²) in [7, 11) is 1.33. The summed E-state index contributed by atoms with van der Waals surface area (Å²) >= 11 is 0. The first-order valence-electron chi connectivity index (χ1n) is 11.3. The van der Waals surface area contributed by atoms with Gasteiger partial charge in [0.15, 0.2) is 6.29 Å². The van der Waals surface area contributed by atoms with Crippen molar-refractivity contribution in [2.45, 2.75) is 88.3 Å². The minimum absolute atomic E-state index is 0.146. The lowest BCUT2D eigenvalue weighted by Gasteiger charge is -2.49. The molecule has 1 aromatic heterocycles. The van der Waals surface area contributed by atoms with Gasteiger partial charge in [-0.25, -0.2) is 4.68 Å². The zero-order valence-corrected chi connectivity index (χ0v) is 19.9. The third-order valence-corrected chi connectivity index (χ3v) is 6.21. The molecule has 0 radical (unpaired) electrons. The number of hydrogen-bond acceptors (Lipinski definition) is 13. The van der Waals surface area contributed by atoms with Crippen LogP contribution in [0.15, 0.2) is 6.20 Å². The van der Waals surface area contributed by atoms with Crippen LogP contribution in [0.1, 0.15) is 19.5 Å². The molecule has 3 heterocycles. The first kappa shape index (κ1) is 28.3. The van der Waals surface area contributed by atoms with Gasteiger partial charge in [0.1, 0.15) is 48.4 Å². The molecule has 0 unspecified atom stereocenters. The molecule has 36 heavy (non-hydrogen) atoms. The lowest BCUT2D eigenvalue weighted by molar-refractivity contribution is -0.524. The van der Waals surface area contributed by atoms with Gasteiger partial charge in [-0.2, -0.15) is 0 Å². The van der Waals surface area contributed by atoms with E-state index in [9.17, 15) is 40.2 Å². The number of amides is 2. The van der Waals surface area contributed by atoms with Crippen molar-refractivity contribution in [2.75, 3.05) is 13.7 Å². The lowest BCUT2D eigenvalue weighted by Crippen LogP contribution is -2.67. The van der Waals surface area contributed by atoms with Crippen molar-refractivity contribution in [1.29, 1.82) is 0 Å². The highest BCUT2D eigenvalue weighted by molar-refractivity contribution is 5.73. The van der Waals surface area contributed by atoms with Crippen LogP contribution in [0, 0.1) is 0 Å². The van der Waals surface area contributed by atoms with E-state index in [2.05, 4.69) is 15.6 Å². The number of nitrogens with zero attached hydrogens (tertiary/aromatic N) is 4. The molecule has 0 bridgehead atoms. The van der Waals surface area contributed by atoms with Crippen molar-refractivity contribution in [1.82, 2.24) is 25.2 Å². The standard InChI is InChI=1S/C20H32N5O11/c1-8(27)21-13-17(31)16(30)12(6-26)36-20(13)34-7-10-4-25(23-22-10)5-11-15(29)18(32)14(19(33)35-11)24(3)9(2)28/h4,11-20,26,29-32H,5-7H2,1-3H3,(H,21,27)/q-1/t11-,12-,13-,14-,15-,16-,17-,18-,19+,20+/m1/s1. The predicted molar refractivity (Wildman–Crippen MR) is 113 cm³/mol. The molecule has 0 aromatic carbocycles. The number of nitrogens with one attached hydrogen (secondary N) is 1. The minimum Gasteiger partial charge on any atom is -0.829 e. The molecule has 0 spiro atoms. The predicted octanol–water partition coefficient (Wildman–Crippen LogP) is -5.61. The minimum atomic E-state index is -1.80. The van der Waals surface area contributed by atoms with Crippen molar-refractivity contribution < 1.29 is 54.4 Å². The van der Waals surface area contributed by atoms with Gasteiger partial charge >= 0.3 is 0 Å². The molecule has 2 aliphatic heterocycles. The van der Waals surface area contributed by atoms with Crippen molar-refractivity contribution >= 4 is 11.8 Å². The molecule has 2 aliphatic rings. The number of carbonyl (C=O) groups excluding carboxylic acids is 2. The molecule has 10 atom stereocenters. The summed E-state index contributed by atoms with van der Waals surface area (Å²) in [5.74, 6) is -0.969. The molecule has 0 saturated carbocycles. The van der Waals surface area contributed by atoms with Crippen LogP contribution in [0.4, 0.5) is 0 Å². The first-order valence-corrected chi connectivity index (χ1v) is 11.3. The van der Waals surface area contributed by atoms with E-state index in [1.807, 2.05) is 0 Å². The second-order valence-electron chi connectivity index (χ2n) is 8.82. The summed E-state index contributed by atoms with van der Waals surface area (Å²) in [6, 6.07) is -2.39. The molecule has 16 heteroatoms. The fourth-order valence-corrected chi connectivity index (χ4v) is 4.15. The maximum atomic E-state index is 12.4. The summed E-state index contributed by atoms with van der Waals surface area (Å²) in [4.78, 5) is 24.1. The van der Waals surface area contributed by atoms with E-state index in [-0.39, 0.29) is 18.8 Å². The lowest BCUT2D eigenvalue weighted by atomic mass is 9.95. The third kappa shape index (κ3) is 6.16. The summed E-state index contributed by atoms with van der Waals surface area (Å²) in [6.07, 6.45) is -9.84. The Morgan fingerprint density at radius 2 is 1.81 bits per heavy atom. The maximum absolute atomic E-state index is 12.4. The summed E-state index contributed by atoms with van der Waals surface area (Å²) in [5, 5.41) is 73.2. The zero-order valence-electron chi connectivity index (χ0n) is 19.9.